The zero-order chi connectivity index (χ0) is 13.0. The van der Waals surface area contributed by atoms with Crippen molar-refractivity contribution in [2.75, 3.05) is 11.9 Å². The monoisotopic (exact) mass is 263 g/mol. The lowest BCUT2D eigenvalue weighted by atomic mass is 10.2. The number of benzene rings is 1. The molecule has 0 radical (unpaired) electrons. The number of rotatable bonds is 5. The van der Waals surface area contributed by atoms with Gasteiger partial charge >= 0.3 is 0 Å². The first-order valence-corrected chi connectivity index (χ1v) is 6.93. The number of carbonyl (C=O) groups excluding carboxylic acids is 1. The Morgan fingerprint density at radius 2 is 2.33 bits per heavy atom. The fourth-order valence-corrected chi connectivity index (χ4v) is 2.56. The lowest BCUT2D eigenvalue weighted by Gasteiger charge is -2.12. The molecule has 0 aliphatic rings. The number of aromatic nitrogens is 1. The molecule has 1 atom stereocenters. The van der Waals surface area contributed by atoms with Gasteiger partial charge in [0.2, 0.25) is 5.91 Å². The molecular weight excluding hydrogens is 246 g/mol. The first-order chi connectivity index (χ1) is 8.69. The summed E-state index contributed by atoms with van der Waals surface area (Å²) in [5, 5.41) is 6.13. The smallest absolute Gasteiger partial charge is 0.225 e. The molecule has 0 aliphatic heterocycles. The van der Waals surface area contributed by atoms with E-state index in [1.807, 2.05) is 37.6 Å². The summed E-state index contributed by atoms with van der Waals surface area (Å²) in [4.78, 5) is 16.0. The van der Waals surface area contributed by atoms with Gasteiger partial charge in [-0.25, -0.2) is 4.98 Å². The first-order valence-electron chi connectivity index (χ1n) is 6.05. The number of thiazole rings is 1. The Morgan fingerprint density at radius 3 is 3.11 bits per heavy atom. The quantitative estimate of drug-likeness (QED) is 0.872. The third-order valence-corrected chi connectivity index (χ3v) is 3.45. The van der Waals surface area contributed by atoms with Gasteiger partial charge in [-0.3, -0.25) is 4.79 Å². The highest BCUT2D eigenvalue weighted by molar-refractivity contribution is 7.16. The first kappa shape index (κ1) is 13.0. The van der Waals surface area contributed by atoms with Crippen LogP contribution in [0.15, 0.2) is 23.7 Å². The summed E-state index contributed by atoms with van der Waals surface area (Å²) >= 11 is 1.58. The van der Waals surface area contributed by atoms with Gasteiger partial charge in [-0.1, -0.05) is 6.92 Å². The van der Waals surface area contributed by atoms with Crippen molar-refractivity contribution in [1.82, 2.24) is 10.3 Å². The molecule has 1 aromatic heterocycles. The number of carbonyl (C=O) groups is 1. The highest BCUT2D eigenvalue weighted by atomic mass is 32.1. The molecule has 0 bridgehead atoms. The summed E-state index contributed by atoms with van der Waals surface area (Å²) < 4.78 is 1.09. The topological polar surface area (TPSA) is 54.0 Å². The minimum atomic E-state index is 0.0346. The van der Waals surface area contributed by atoms with Crippen LogP contribution in [0.25, 0.3) is 10.2 Å². The molecule has 4 nitrogen and oxygen atoms in total. The Morgan fingerprint density at radius 1 is 1.50 bits per heavy atom. The van der Waals surface area contributed by atoms with E-state index in [1.165, 1.54) is 0 Å². The number of fused-ring (bicyclic) bond motifs is 1. The molecule has 0 spiro atoms. The molecule has 1 heterocycles. The molecule has 1 unspecified atom stereocenters. The fourth-order valence-electron chi connectivity index (χ4n) is 1.84. The van der Waals surface area contributed by atoms with Crippen LogP contribution in [0.2, 0.25) is 0 Å². The highest BCUT2D eigenvalue weighted by Gasteiger charge is 2.08. The SMILES string of the molecule is CCNC(C)CC(=O)Nc1ccc2ncsc2c1. The number of nitrogens with one attached hydrogen (secondary N) is 2. The third-order valence-electron chi connectivity index (χ3n) is 2.66. The number of nitrogens with zero attached hydrogens (tertiary/aromatic N) is 1. The molecular formula is C13H17N3OS. The molecule has 1 amide bonds. The predicted octanol–water partition coefficient (Wildman–Crippen LogP) is 2.62. The zero-order valence-electron chi connectivity index (χ0n) is 10.6. The van der Waals surface area contributed by atoms with E-state index in [-0.39, 0.29) is 11.9 Å². The van der Waals surface area contributed by atoms with Crippen molar-refractivity contribution in [3.05, 3.63) is 23.7 Å². The standard InChI is InChI=1S/C13H17N3OS/c1-3-14-9(2)6-13(17)16-10-4-5-11-12(7-10)18-8-15-11/h4-5,7-9,14H,3,6H2,1-2H3,(H,16,17). The second-order valence-corrected chi connectivity index (χ2v) is 5.13. The van der Waals surface area contributed by atoms with Crippen LogP contribution in [0.1, 0.15) is 20.3 Å². The number of hydrogen-bond acceptors (Lipinski definition) is 4. The molecule has 96 valence electrons. The van der Waals surface area contributed by atoms with Crippen LogP contribution < -0.4 is 10.6 Å². The summed E-state index contributed by atoms with van der Waals surface area (Å²) in [5.41, 5.74) is 3.61. The normalized spacial score (nSPS) is 12.6. The van der Waals surface area contributed by atoms with E-state index in [9.17, 15) is 4.79 Å². The third kappa shape index (κ3) is 3.27. The molecule has 2 N–H and O–H groups in total. The zero-order valence-corrected chi connectivity index (χ0v) is 11.4. The van der Waals surface area contributed by atoms with E-state index >= 15 is 0 Å². The molecule has 1 aromatic carbocycles. The van der Waals surface area contributed by atoms with Gasteiger partial charge in [0.15, 0.2) is 0 Å². The van der Waals surface area contributed by atoms with Gasteiger partial charge in [0.1, 0.15) is 0 Å². The Bertz CT molecular complexity index is 538. The largest absolute Gasteiger partial charge is 0.326 e. The van der Waals surface area contributed by atoms with Gasteiger partial charge in [-0.05, 0) is 31.7 Å². The summed E-state index contributed by atoms with van der Waals surface area (Å²) in [6, 6.07) is 5.97. The van der Waals surface area contributed by atoms with Crippen molar-refractivity contribution in [2.45, 2.75) is 26.3 Å². The second kappa shape index (κ2) is 5.93. The lowest BCUT2D eigenvalue weighted by Crippen LogP contribution is -2.30. The maximum absolute atomic E-state index is 11.8. The van der Waals surface area contributed by atoms with Crippen molar-refractivity contribution < 1.29 is 4.79 Å². The van der Waals surface area contributed by atoms with Crippen LogP contribution in [0.4, 0.5) is 5.69 Å². The second-order valence-electron chi connectivity index (χ2n) is 4.25. The van der Waals surface area contributed by atoms with Crippen LogP contribution in [0, 0.1) is 0 Å². The predicted molar refractivity (Wildman–Crippen MR) is 76.0 cm³/mol. The van der Waals surface area contributed by atoms with E-state index in [4.69, 9.17) is 0 Å². The lowest BCUT2D eigenvalue weighted by molar-refractivity contribution is -0.116. The fraction of sp³-hybridized carbons (Fsp3) is 0.385. The van der Waals surface area contributed by atoms with Crippen molar-refractivity contribution >= 4 is 33.1 Å². The Kier molecular flexibility index (Phi) is 4.28. The molecule has 0 saturated carbocycles. The maximum atomic E-state index is 11.8. The van der Waals surface area contributed by atoms with E-state index in [0.29, 0.717) is 6.42 Å². The van der Waals surface area contributed by atoms with E-state index in [1.54, 1.807) is 11.3 Å². The minimum Gasteiger partial charge on any atom is -0.326 e. The Labute approximate surface area is 110 Å². The van der Waals surface area contributed by atoms with Gasteiger partial charge in [0.05, 0.1) is 15.7 Å². The molecule has 0 saturated heterocycles. The average molecular weight is 263 g/mol. The van der Waals surface area contributed by atoms with Crippen molar-refractivity contribution in [3.63, 3.8) is 0 Å². The van der Waals surface area contributed by atoms with Crippen LogP contribution in [-0.2, 0) is 4.79 Å². The van der Waals surface area contributed by atoms with Crippen LogP contribution in [0.5, 0.6) is 0 Å². The number of amides is 1. The van der Waals surface area contributed by atoms with Crippen molar-refractivity contribution in [2.24, 2.45) is 0 Å². The highest BCUT2D eigenvalue weighted by Crippen LogP contribution is 2.21. The van der Waals surface area contributed by atoms with Gasteiger partial charge in [0.25, 0.3) is 0 Å². The van der Waals surface area contributed by atoms with Crippen LogP contribution >= 0.6 is 11.3 Å². The van der Waals surface area contributed by atoms with Gasteiger partial charge < -0.3 is 10.6 Å². The summed E-state index contributed by atoms with van der Waals surface area (Å²) in [7, 11) is 0. The Hall–Kier alpha value is -1.46. The number of hydrogen-bond donors (Lipinski definition) is 2. The molecule has 0 fully saturated rings. The number of anilines is 1. The molecule has 18 heavy (non-hydrogen) atoms. The summed E-state index contributed by atoms with van der Waals surface area (Å²) in [6.45, 7) is 4.92. The molecule has 2 aromatic rings. The average Bonchev–Trinajstić information content (AvgIpc) is 2.76. The van der Waals surface area contributed by atoms with E-state index in [0.717, 1.165) is 22.4 Å². The molecule has 2 rings (SSSR count). The van der Waals surface area contributed by atoms with Crippen molar-refractivity contribution in [3.8, 4) is 0 Å². The summed E-state index contributed by atoms with van der Waals surface area (Å²) in [6.07, 6.45) is 0.481. The van der Waals surface area contributed by atoms with Gasteiger partial charge in [-0.2, -0.15) is 0 Å². The van der Waals surface area contributed by atoms with Crippen LogP contribution in [0.3, 0.4) is 0 Å². The van der Waals surface area contributed by atoms with E-state index < -0.39 is 0 Å². The van der Waals surface area contributed by atoms with Gasteiger partial charge in [-0.15, -0.1) is 11.3 Å². The van der Waals surface area contributed by atoms with Crippen molar-refractivity contribution in [1.29, 1.82) is 0 Å². The molecule has 5 heteroatoms. The molecule has 0 aliphatic carbocycles. The Balaban J connectivity index is 1.97. The maximum Gasteiger partial charge on any atom is 0.225 e. The van der Waals surface area contributed by atoms with Crippen LogP contribution in [-0.4, -0.2) is 23.5 Å². The van der Waals surface area contributed by atoms with E-state index in [2.05, 4.69) is 15.6 Å². The van der Waals surface area contributed by atoms with Gasteiger partial charge in [0, 0.05) is 18.2 Å². The minimum absolute atomic E-state index is 0.0346. The summed E-state index contributed by atoms with van der Waals surface area (Å²) in [5.74, 6) is 0.0346.